The smallest absolute Gasteiger partial charge is 0.229 e. The fraction of sp³-hybridized carbons (Fsp3) is 0.200. The summed E-state index contributed by atoms with van der Waals surface area (Å²) in [7, 11) is -3.33. The number of rotatable bonds is 5. The van der Waals surface area contributed by atoms with Crippen LogP contribution in [0, 0.1) is 6.92 Å². The lowest BCUT2D eigenvalue weighted by atomic mass is 10.0. The maximum atomic E-state index is 11.5. The minimum absolute atomic E-state index is 0.125. The van der Waals surface area contributed by atoms with Crippen molar-refractivity contribution in [2.75, 3.05) is 15.9 Å². The van der Waals surface area contributed by atoms with Crippen molar-refractivity contribution < 1.29 is 8.42 Å². The molecule has 0 amide bonds. The molecule has 4 rings (SSSR count). The lowest BCUT2D eigenvalue weighted by molar-refractivity contribution is 0.558. The van der Waals surface area contributed by atoms with Gasteiger partial charge in [-0.15, -0.1) is 0 Å². The van der Waals surface area contributed by atoms with Crippen LogP contribution in [0.5, 0.6) is 0 Å². The highest BCUT2D eigenvalue weighted by molar-refractivity contribution is 7.92. The van der Waals surface area contributed by atoms with Crippen molar-refractivity contribution in [3.63, 3.8) is 0 Å². The third kappa shape index (κ3) is 4.10. The molecule has 0 saturated carbocycles. The second-order valence-corrected chi connectivity index (χ2v) is 9.15. The molecule has 1 aliphatic rings. The molecule has 0 bridgehead atoms. The third-order valence-corrected chi connectivity index (χ3v) is 5.64. The number of anilines is 2. The quantitative estimate of drug-likeness (QED) is 0.542. The normalized spacial score (nSPS) is 19.2. The zero-order valence-electron chi connectivity index (χ0n) is 16.0. The Morgan fingerprint density at radius 3 is 2.45 bits per heavy atom. The fourth-order valence-electron chi connectivity index (χ4n) is 3.55. The van der Waals surface area contributed by atoms with Crippen LogP contribution >= 0.6 is 12.2 Å². The van der Waals surface area contributed by atoms with Gasteiger partial charge in [-0.2, -0.15) is 0 Å². The van der Waals surface area contributed by atoms with Crippen LogP contribution in [0.3, 0.4) is 0 Å². The van der Waals surface area contributed by atoms with E-state index in [2.05, 4.69) is 26.1 Å². The van der Waals surface area contributed by atoms with Crippen LogP contribution in [0.1, 0.15) is 29.2 Å². The average molecular weight is 428 g/mol. The largest absolute Gasteiger partial charge is 0.361 e. The first-order valence-corrected chi connectivity index (χ1v) is 11.4. The molecule has 3 N–H and O–H groups in total. The monoisotopic (exact) mass is 427 g/mol. The zero-order valence-corrected chi connectivity index (χ0v) is 17.6. The maximum Gasteiger partial charge on any atom is 0.229 e. The molecule has 3 heterocycles. The molecule has 1 aromatic carbocycles. The molecule has 0 radical (unpaired) electrons. The van der Waals surface area contributed by atoms with Gasteiger partial charge in [0, 0.05) is 29.0 Å². The van der Waals surface area contributed by atoms with Gasteiger partial charge in [0.05, 0.1) is 18.0 Å². The SMILES string of the molecule is Cc1ccc(C2C(c3ccccn3)NC(=S)N2c2ccc(NS(C)(=O)=O)cc2)[nH]1. The summed E-state index contributed by atoms with van der Waals surface area (Å²) in [6.45, 7) is 2.01. The predicted molar refractivity (Wildman–Crippen MR) is 118 cm³/mol. The van der Waals surface area contributed by atoms with Crippen LogP contribution in [0.4, 0.5) is 11.4 Å². The van der Waals surface area contributed by atoms with Crippen LogP contribution in [-0.2, 0) is 10.0 Å². The first kappa shape index (κ1) is 19.4. The minimum Gasteiger partial charge on any atom is -0.361 e. The first-order chi connectivity index (χ1) is 13.8. The van der Waals surface area contributed by atoms with Crippen molar-refractivity contribution in [2.45, 2.75) is 19.0 Å². The Morgan fingerprint density at radius 2 is 1.86 bits per heavy atom. The van der Waals surface area contributed by atoms with E-state index in [1.54, 1.807) is 18.3 Å². The van der Waals surface area contributed by atoms with E-state index < -0.39 is 10.0 Å². The van der Waals surface area contributed by atoms with Gasteiger partial charge in [-0.3, -0.25) is 9.71 Å². The molecule has 3 aromatic rings. The molecular formula is C20H21N5O2S2. The van der Waals surface area contributed by atoms with Gasteiger partial charge >= 0.3 is 0 Å². The average Bonchev–Trinajstić information content (AvgIpc) is 3.25. The van der Waals surface area contributed by atoms with E-state index in [4.69, 9.17) is 12.2 Å². The summed E-state index contributed by atoms with van der Waals surface area (Å²) < 4.78 is 25.4. The number of nitrogens with zero attached hydrogens (tertiary/aromatic N) is 2. The highest BCUT2D eigenvalue weighted by Crippen LogP contribution is 2.41. The van der Waals surface area contributed by atoms with Crippen LogP contribution < -0.4 is 14.9 Å². The van der Waals surface area contributed by atoms with E-state index in [9.17, 15) is 8.42 Å². The zero-order chi connectivity index (χ0) is 20.6. The van der Waals surface area contributed by atoms with Crippen LogP contribution in [0.25, 0.3) is 0 Å². The highest BCUT2D eigenvalue weighted by Gasteiger charge is 2.41. The van der Waals surface area contributed by atoms with E-state index >= 15 is 0 Å². The summed E-state index contributed by atoms with van der Waals surface area (Å²) in [5, 5.41) is 3.98. The van der Waals surface area contributed by atoms with Crippen LogP contribution in [-0.4, -0.2) is 29.8 Å². The number of thiocarbonyl (C=S) groups is 1. The van der Waals surface area contributed by atoms with Crippen molar-refractivity contribution >= 4 is 38.7 Å². The molecule has 7 nitrogen and oxygen atoms in total. The highest BCUT2D eigenvalue weighted by atomic mass is 32.2. The van der Waals surface area contributed by atoms with Gasteiger partial charge < -0.3 is 15.2 Å². The summed E-state index contributed by atoms with van der Waals surface area (Å²) in [5.41, 5.74) is 4.33. The lowest BCUT2D eigenvalue weighted by Crippen LogP contribution is -2.29. The number of H-pyrrole nitrogens is 1. The molecule has 1 aliphatic heterocycles. The first-order valence-electron chi connectivity index (χ1n) is 9.06. The number of aromatic nitrogens is 2. The number of aromatic amines is 1. The van der Waals surface area contributed by atoms with Gasteiger partial charge in [0.15, 0.2) is 5.11 Å². The van der Waals surface area contributed by atoms with E-state index in [1.807, 2.05) is 48.2 Å². The number of aryl methyl sites for hydroxylation is 1. The molecular weight excluding hydrogens is 406 g/mol. The van der Waals surface area contributed by atoms with Crippen molar-refractivity contribution in [3.8, 4) is 0 Å². The lowest BCUT2D eigenvalue weighted by Gasteiger charge is -2.27. The van der Waals surface area contributed by atoms with Gasteiger partial charge in [0.1, 0.15) is 6.04 Å². The number of benzene rings is 1. The summed E-state index contributed by atoms with van der Waals surface area (Å²) in [6.07, 6.45) is 2.90. The Kier molecular flexibility index (Phi) is 5.01. The second-order valence-electron chi connectivity index (χ2n) is 7.01. The Hall–Kier alpha value is -2.91. The van der Waals surface area contributed by atoms with Crippen LogP contribution in [0.15, 0.2) is 60.8 Å². The maximum absolute atomic E-state index is 11.5. The number of hydrogen-bond acceptors (Lipinski definition) is 4. The van der Waals surface area contributed by atoms with Crippen molar-refractivity contribution in [3.05, 3.63) is 77.9 Å². The Bertz CT molecular complexity index is 1130. The Balaban J connectivity index is 1.73. The number of nitrogens with one attached hydrogen (secondary N) is 3. The van der Waals surface area contributed by atoms with Crippen molar-refractivity contribution in [1.29, 1.82) is 0 Å². The van der Waals surface area contributed by atoms with Gasteiger partial charge in [-0.1, -0.05) is 6.07 Å². The molecule has 9 heteroatoms. The van der Waals surface area contributed by atoms with Gasteiger partial charge in [0.25, 0.3) is 0 Å². The third-order valence-electron chi connectivity index (χ3n) is 4.72. The fourth-order valence-corrected chi connectivity index (χ4v) is 4.46. The van der Waals surface area contributed by atoms with E-state index in [0.717, 1.165) is 29.0 Å². The molecule has 1 saturated heterocycles. The summed E-state index contributed by atoms with van der Waals surface area (Å²) in [6, 6.07) is 16.8. The number of hydrogen-bond donors (Lipinski definition) is 3. The molecule has 0 spiro atoms. The Morgan fingerprint density at radius 1 is 1.10 bits per heavy atom. The van der Waals surface area contributed by atoms with Gasteiger partial charge in [-0.05, 0) is 67.7 Å². The Labute approximate surface area is 175 Å². The van der Waals surface area contributed by atoms with Gasteiger partial charge in [0.2, 0.25) is 10.0 Å². The van der Waals surface area contributed by atoms with Crippen LogP contribution in [0.2, 0.25) is 0 Å². The molecule has 0 aliphatic carbocycles. The topological polar surface area (TPSA) is 90.1 Å². The summed E-state index contributed by atoms with van der Waals surface area (Å²) >= 11 is 5.67. The molecule has 150 valence electrons. The van der Waals surface area contributed by atoms with Crippen molar-refractivity contribution in [2.24, 2.45) is 0 Å². The number of sulfonamides is 1. The molecule has 2 aromatic heterocycles. The van der Waals surface area contributed by atoms with E-state index in [0.29, 0.717) is 10.8 Å². The van der Waals surface area contributed by atoms with Gasteiger partial charge in [-0.25, -0.2) is 8.42 Å². The minimum atomic E-state index is -3.33. The van der Waals surface area contributed by atoms with E-state index in [1.165, 1.54) is 0 Å². The second kappa shape index (κ2) is 7.49. The standard InChI is InChI=1S/C20H21N5O2S2/c1-13-6-11-17(22-13)19-18(16-5-3-4-12-21-16)23-20(28)25(19)15-9-7-14(8-10-15)24-29(2,26)27/h3-12,18-19,22,24H,1-2H3,(H,23,28). The summed E-state index contributed by atoms with van der Waals surface area (Å²) in [4.78, 5) is 9.97. The molecule has 29 heavy (non-hydrogen) atoms. The van der Waals surface area contributed by atoms with Crippen molar-refractivity contribution in [1.82, 2.24) is 15.3 Å². The number of pyridine rings is 1. The summed E-state index contributed by atoms with van der Waals surface area (Å²) in [5.74, 6) is 0. The molecule has 2 atom stereocenters. The van der Waals surface area contributed by atoms with E-state index in [-0.39, 0.29) is 12.1 Å². The molecule has 2 unspecified atom stereocenters. The predicted octanol–water partition coefficient (Wildman–Crippen LogP) is 3.27. The molecule has 1 fully saturated rings.